The number of benzene rings is 3. The minimum Gasteiger partial charge on any atom is -0.457 e. The lowest BCUT2D eigenvalue weighted by atomic mass is 10.2. The highest BCUT2D eigenvalue weighted by Gasteiger charge is 2.16. The fraction of sp³-hybridized carbons (Fsp3) is 0.0870. The van der Waals surface area contributed by atoms with Crippen LogP contribution in [0, 0.1) is 11.3 Å². The minimum atomic E-state index is -0.338. The van der Waals surface area contributed by atoms with E-state index in [4.69, 9.17) is 10.00 Å². The zero-order chi connectivity index (χ0) is 20.6. The molecule has 0 saturated carbocycles. The van der Waals surface area contributed by atoms with Gasteiger partial charge < -0.3 is 15.0 Å². The van der Waals surface area contributed by atoms with E-state index in [1.54, 1.807) is 48.5 Å². The maximum absolute atomic E-state index is 12.4. The van der Waals surface area contributed by atoms with E-state index in [1.807, 2.05) is 36.4 Å². The van der Waals surface area contributed by atoms with Crippen LogP contribution in [0.25, 0.3) is 0 Å². The van der Waals surface area contributed by atoms with Gasteiger partial charge in [0.15, 0.2) is 0 Å². The van der Waals surface area contributed by atoms with Crippen LogP contribution in [-0.4, -0.2) is 18.4 Å². The maximum Gasteiger partial charge on any atom is 0.244 e. The molecule has 0 fully saturated rings. The van der Waals surface area contributed by atoms with Crippen molar-refractivity contribution in [1.82, 2.24) is 0 Å². The SMILES string of the molecule is CC(=O)N(CC(=O)Nc1ccc(C#N)cc1)c1ccc(Oc2ccccc2)cc1. The van der Waals surface area contributed by atoms with Crippen molar-refractivity contribution in [1.29, 1.82) is 5.26 Å². The van der Waals surface area contributed by atoms with Crippen LogP contribution >= 0.6 is 0 Å². The number of ether oxygens (including phenoxy) is 1. The number of hydrogen-bond acceptors (Lipinski definition) is 4. The summed E-state index contributed by atoms with van der Waals surface area (Å²) in [7, 11) is 0. The molecule has 0 spiro atoms. The van der Waals surface area contributed by atoms with Gasteiger partial charge in [-0.15, -0.1) is 0 Å². The Bertz CT molecular complexity index is 1020. The molecule has 0 radical (unpaired) electrons. The second kappa shape index (κ2) is 9.20. The molecule has 3 aromatic carbocycles. The number of carbonyl (C=O) groups is 2. The average molecular weight is 385 g/mol. The van der Waals surface area contributed by atoms with Gasteiger partial charge in [-0.05, 0) is 60.7 Å². The number of nitrogens with zero attached hydrogens (tertiary/aromatic N) is 2. The number of hydrogen-bond donors (Lipinski definition) is 1. The minimum absolute atomic E-state index is 0.131. The van der Waals surface area contributed by atoms with Crippen molar-refractivity contribution in [3.05, 3.63) is 84.4 Å². The van der Waals surface area contributed by atoms with E-state index in [9.17, 15) is 9.59 Å². The molecule has 144 valence electrons. The highest BCUT2D eigenvalue weighted by Crippen LogP contribution is 2.24. The lowest BCUT2D eigenvalue weighted by molar-refractivity contribution is -0.120. The van der Waals surface area contributed by atoms with Crippen molar-refractivity contribution in [2.75, 3.05) is 16.8 Å². The Kier molecular flexibility index (Phi) is 6.23. The molecule has 0 bridgehead atoms. The molecule has 6 nitrogen and oxygen atoms in total. The first kappa shape index (κ1) is 19.6. The topological polar surface area (TPSA) is 82.4 Å². The highest BCUT2D eigenvalue weighted by molar-refractivity contribution is 6.01. The van der Waals surface area contributed by atoms with Crippen LogP contribution in [0.3, 0.4) is 0 Å². The van der Waals surface area contributed by atoms with Crippen molar-refractivity contribution >= 4 is 23.2 Å². The second-order valence-electron chi connectivity index (χ2n) is 6.25. The van der Waals surface area contributed by atoms with Crippen LogP contribution in [0.4, 0.5) is 11.4 Å². The van der Waals surface area contributed by atoms with Gasteiger partial charge in [-0.1, -0.05) is 18.2 Å². The lowest BCUT2D eigenvalue weighted by Crippen LogP contribution is -2.36. The lowest BCUT2D eigenvalue weighted by Gasteiger charge is -2.21. The highest BCUT2D eigenvalue weighted by atomic mass is 16.5. The Hall–Kier alpha value is -4.11. The second-order valence-corrected chi connectivity index (χ2v) is 6.25. The largest absolute Gasteiger partial charge is 0.457 e. The molecule has 0 heterocycles. The van der Waals surface area contributed by atoms with Crippen molar-refractivity contribution in [2.45, 2.75) is 6.92 Å². The van der Waals surface area contributed by atoms with Crippen LogP contribution in [0.5, 0.6) is 11.5 Å². The van der Waals surface area contributed by atoms with Crippen LogP contribution in [0.2, 0.25) is 0 Å². The zero-order valence-electron chi connectivity index (χ0n) is 15.8. The number of nitriles is 1. The molecule has 3 aromatic rings. The number of amides is 2. The van der Waals surface area contributed by atoms with Crippen LogP contribution < -0.4 is 15.0 Å². The van der Waals surface area contributed by atoms with Gasteiger partial charge in [0.25, 0.3) is 0 Å². The van der Waals surface area contributed by atoms with Gasteiger partial charge in [0, 0.05) is 18.3 Å². The number of anilines is 2. The van der Waals surface area contributed by atoms with Gasteiger partial charge in [-0.25, -0.2) is 0 Å². The van der Waals surface area contributed by atoms with E-state index >= 15 is 0 Å². The van der Waals surface area contributed by atoms with Crippen LogP contribution in [0.1, 0.15) is 12.5 Å². The van der Waals surface area contributed by atoms with Gasteiger partial charge in [0.2, 0.25) is 11.8 Å². The fourth-order valence-corrected chi connectivity index (χ4v) is 2.68. The molecule has 0 aliphatic rings. The van der Waals surface area contributed by atoms with Crippen molar-refractivity contribution in [3.8, 4) is 17.6 Å². The van der Waals surface area contributed by atoms with Crippen LogP contribution in [0.15, 0.2) is 78.9 Å². The molecule has 3 rings (SSSR count). The van der Waals surface area contributed by atoms with Gasteiger partial charge in [-0.2, -0.15) is 5.26 Å². The molecule has 0 unspecified atom stereocenters. The predicted octanol–water partition coefficient (Wildman–Crippen LogP) is 4.34. The molecule has 2 amide bonds. The fourth-order valence-electron chi connectivity index (χ4n) is 2.68. The van der Waals surface area contributed by atoms with Gasteiger partial charge >= 0.3 is 0 Å². The summed E-state index contributed by atoms with van der Waals surface area (Å²) in [6.07, 6.45) is 0. The molecule has 0 saturated heterocycles. The summed E-state index contributed by atoms with van der Waals surface area (Å²) in [5.74, 6) is 0.752. The predicted molar refractivity (Wildman–Crippen MR) is 111 cm³/mol. The number of rotatable bonds is 6. The zero-order valence-corrected chi connectivity index (χ0v) is 15.8. The Morgan fingerprint density at radius 3 is 2.14 bits per heavy atom. The molecular formula is C23H19N3O3. The van der Waals surface area contributed by atoms with E-state index in [-0.39, 0.29) is 18.4 Å². The first-order valence-corrected chi connectivity index (χ1v) is 8.96. The third kappa shape index (κ3) is 5.44. The van der Waals surface area contributed by atoms with E-state index in [1.165, 1.54) is 11.8 Å². The summed E-state index contributed by atoms with van der Waals surface area (Å²) in [6.45, 7) is 1.28. The molecular weight excluding hydrogens is 366 g/mol. The third-order valence-electron chi connectivity index (χ3n) is 4.11. The quantitative estimate of drug-likeness (QED) is 0.684. The first-order valence-electron chi connectivity index (χ1n) is 8.96. The maximum atomic E-state index is 12.4. The molecule has 0 atom stereocenters. The van der Waals surface area contributed by atoms with Crippen molar-refractivity contribution < 1.29 is 14.3 Å². The molecule has 1 N–H and O–H groups in total. The molecule has 6 heteroatoms. The Morgan fingerprint density at radius 2 is 1.55 bits per heavy atom. The normalized spacial score (nSPS) is 9.93. The Balaban J connectivity index is 1.66. The van der Waals surface area contributed by atoms with E-state index in [0.29, 0.717) is 28.4 Å². The van der Waals surface area contributed by atoms with Gasteiger partial charge in [-0.3, -0.25) is 9.59 Å². The first-order chi connectivity index (χ1) is 14.0. The van der Waals surface area contributed by atoms with E-state index < -0.39 is 0 Å². The van der Waals surface area contributed by atoms with Crippen molar-refractivity contribution in [2.24, 2.45) is 0 Å². The molecule has 0 aliphatic heterocycles. The molecule has 0 aromatic heterocycles. The third-order valence-corrected chi connectivity index (χ3v) is 4.11. The molecule has 0 aliphatic carbocycles. The average Bonchev–Trinajstić information content (AvgIpc) is 2.74. The standard InChI is InChI=1S/C23H19N3O3/c1-17(27)26(16-23(28)25-19-9-7-18(15-24)8-10-19)20-11-13-22(14-12-20)29-21-5-3-2-4-6-21/h2-14H,16H2,1H3,(H,25,28). The smallest absolute Gasteiger partial charge is 0.244 e. The van der Waals surface area contributed by atoms with Gasteiger partial charge in [0.1, 0.15) is 18.0 Å². The number of para-hydroxylation sites is 1. The van der Waals surface area contributed by atoms with Crippen molar-refractivity contribution in [3.63, 3.8) is 0 Å². The summed E-state index contributed by atoms with van der Waals surface area (Å²) in [4.78, 5) is 25.8. The van der Waals surface area contributed by atoms with E-state index in [2.05, 4.69) is 5.32 Å². The number of nitrogens with one attached hydrogen (secondary N) is 1. The Labute approximate surface area is 169 Å². The number of carbonyl (C=O) groups excluding carboxylic acids is 2. The van der Waals surface area contributed by atoms with Crippen LogP contribution in [-0.2, 0) is 9.59 Å². The summed E-state index contributed by atoms with van der Waals surface area (Å²) in [5.41, 5.74) is 1.66. The van der Waals surface area contributed by atoms with Gasteiger partial charge in [0.05, 0.1) is 11.6 Å². The Morgan fingerprint density at radius 1 is 0.931 bits per heavy atom. The summed E-state index contributed by atoms with van der Waals surface area (Å²) < 4.78 is 5.75. The monoisotopic (exact) mass is 385 g/mol. The summed E-state index contributed by atoms with van der Waals surface area (Å²) in [5, 5.41) is 11.6. The summed E-state index contributed by atoms with van der Waals surface area (Å²) >= 11 is 0. The molecule has 29 heavy (non-hydrogen) atoms. The van der Waals surface area contributed by atoms with E-state index in [0.717, 1.165) is 0 Å². The summed E-state index contributed by atoms with van der Waals surface area (Å²) in [6, 6.07) is 24.9.